The first-order chi connectivity index (χ1) is 7.18. The fourth-order valence-corrected chi connectivity index (χ4v) is 2.74. The summed E-state index contributed by atoms with van der Waals surface area (Å²) in [6.45, 7) is 2.34. The molecule has 1 aromatic heterocycles. The molecular formula is C12H21N3. The molecule has 2 N–H and O–H groups in total. The van der Waals surface area contributed by atoms with E-state index in [-0.39, 0.29) is 6.04 Å². The van der Waals surface area contributed by atoms with Gasteiger partial charge in [0.25, 0.3) is 0 Å². The first-order valence-corrected chi connectivity index (χ1v) is 5.90. The Labute approximate surface area is 91.7 Å². The maximum atomic E-state index is 6.32. The summed E-state index contributed by atoms with van der Waals surface area (Å²) in [5, 5.41) is 0. The van der Waals surface area contributed by atoms with E-state index in [9.17, 15) is 0 Å². The van der Waals surface area contributed by atoms with Crippen LogP contribution in [0.3, 0.4) is 0 Å². The lowest BCUT2D eigenvalue weighted by atomic mass is 9.78. The van der Waals surface area contributed by atoms with Gasteiger partial charge in [-0.15, -0.1) is 0 Å². The summed E-state index contributed by atoms with van der Waals surface area (Å²) in [6, 6.07) is 0.167. The van der Waals surface area contributed by atoms with Gasteiger partial charge in [-0.3, -0.25) is 0 Å². The molecule has 84 valence electrons. The summed E-state index contributed by atoms with van der Waals surface area (Å²) in [4.78, 5) is 4.14. The van der Waals surface area contributed by atoms with Crippen LogP contribution < -0.4 is 5.73 Å². The van der Waals surface area contributed by atoms with Crippen molar-refractivity contribution in [3.63, 3.8) is 0 Å². The van der Waals surface area contributed by atoms with E-state index in [2.05, 4.69) is 11.9 Å². The van der Waals surface area contributed by atoms with Crippen LogP contribution in [0.4, 0.5) is 0 Å². The van der Waals surface area contributed by atoms with Crippen LogP contribution in [0.2, 0.25) is 0 Å². The molecule has 1 fully saturated rings. The molecule has 0 saturated heterocycles. The molecular weight excluding hydrogens is 186 g/mol. The molecule has 0 spiro atoms. The minimum Gasteiger partial charge on any atom is -0.336 e. The van der Waals surface area contributed by atoms with Crippen molar-refractivity contribution in [2.24, 2.45) is 24.6 Å². The van der Waals surface area contributed by atoms with E-state index in [0.717, 1.165) is 5.92 Å². The van der Waals surface area contributed by atoms with E-state index in [1.807, 2.05) is 24.1 Å². The van der Waals surface area contributed by atoms with Gasteiger partial charge in [0, 0.05) is 19.3 Å². The Kier molecular flexibility index (Phi) is 3.10. The Morgan fingerprint density at radius 2 is 2.33 bits per heavy atom. The van der Waals surface area contributed by atoms with Gasteiger partial charge in [0.05, 0.1) is 12.0 Å². The van der Waals surface area contributed by atoms with Crippen molar-refractivity contribution >= 4 is 0 Å². The predicted molar refractivity (Wildman–Crippen MR) is 61.3 cm³/mol. The average molecular weight is 207 g/mol. The number of rotatable bonds is 2. The van der Waals surface area contributed by atoms with Crippen LogP contribution in [-0.2, 0) is 7.05 Å². The minimum atomic E-state index is 0.167. The van der Waals surface area contributed by atoms with Crippen LogP contribution in [0, 0.1) is 11.8 Å². The molecule has 0 bridgehead atoms. The largest absolute Gasteiger partial charge is 0.336 e. The molecule has 15 heavy (non-hydrogen) atoms. The van der Waals surface area contributed by atoms with Crippen LogP contribution in [0.5, 0.6) is 0 Å². The normalized spacial score (nSPS) is 29.0. The average Bonchev–Trinajstić information content (AvgIpc) is 2.63. The molecule has 3 atom stereocenters. The molecule has 0 amide bonds. The van der Waals surface area contributed by atoms with E-state index in [0.29, 0.717) is 5.92 Å². The fraction of sp³-hybridized carbons (Fsp3) is 0.750. The van der Waals surface area contributed by atoms with Gasteiger partial charge in [-0.1, -0.05) is 19.8 Å². The van der Waals surface area contributed by atoms with Crippen molar-refractivity contribution < 1.29 is 0 Å². The van der Waals surface area contributed by atoms with E-state index in [1.165, 1.54) is 31.4 Å². The Balaban J connectivity index is 2.07. The third-order valence-corrected chi connectivity index (χ3v) is 3.68. The Bertz CT molecular complexity index is 318. The van der Waals surface area contributed by atoms with Crippen LogP contribution in [0.25, 0.3) is 0 Å². The second kappa shape index (κ2) is 4.35. The Morgan fingerprint density at radius 1 is 1.53 bits per heavy atom. The van der Waals surface area contributed by atoms with E-state index < -0.39 is 0 Å². The lowest BCUT2D eigenvalue weighted by Gasteiger charge is -2.31. The number of nitrogens with two attached hydrogens (primary N) is 1. The highest BCUT2D eigenvalue weighted by Crippen LogP contribution is 2.35. The molecule has 1 aliphatic carbocycles. The molecule has 3 nitrogen and oxygen atoms in total. The molecule has 0 aliphatic heterocycles. The summed E-state index contributed by atoms with van der Waals surface area (Å²) >= 11 is 0. The molecule has 1 saturated carbocycles. The van der Waals surface area contributed by atoms with Crippen molar-refractivity contribution in [2.45, 2.75) is 38.6 Å². The van der Waals surface area contributed by atoms with Crippen LogP contribution in [0.1, 0.15) is 44.3 Å². The number of aryl methyl sites for hydroxylation is 1. The van der Waals surface area contributed by atoms with E-state index >= 15 is 0 Å². The van der Waals surface area contributed by atoms with Gasteiger partial charge in [-0.25, -0.2) is 4.98 Å². The van der Waals surface area contributed by atoms with Crippen molar-refractivity contribution in [1.29, 1.82) is 0 Å². The molecule has 1 heterocycles. The van der Waals surface area contributed by atoms with Crippen molar-refractivity contribution in [3.05, 3.63) is 18.2 Å². The number of nitrogens with zero attached hydrogens (tertiary/aromatic N) is 2. The lowest BCUT2D eigenvalue weighted by Crippen LogP contribution is -2.27. The van der Waals surface area contributed by atoms with Crippen LogP contribution in [-0.4, -0.2) is 9.55 Å². The Morgan fingerprint density at radius 3 is 2.93 bits per heavy atom. The second-order valence-electron chi connectivity index (χ2n) is 4.99. The topological polar surface area (TPSA) is 43.8 Å². The second-order valence-corrected chi connectivity index (χ2v) is 4.99. The molecule has 1 aromatic rings. The minimum absolute atomic E-state index is 0.167. The monoisotopic (exact) mass is 207 g/mol. The smallest absolute Gasteiger partial charge is 0.0946 e. The molecule has 3 unspecified atom stereocenters. The summed E-state index contributed by atoms with van der Waals surface area (Å²) in [6.07, 6.45) is 8.99. The van der Waals surface area contributed by atoms with Gasteiger partial charge in [-0.05, 0) is 24.7 Å². The van der Waals surface area contributed by atoms with E-state index in [4.69, 9.17) is 5.73 Å². The third-order valence-electron chi connectivity index (χ3n) is 3.68. The highest BCUT2D eigenvalue weighted by Gasteiger charge is 2.26. The van der Waals surface area contributed by atoms with Gasteiger partial charge < -0.3 is 10.3 Å². The molecule has 0 radical (unpaired) electrons. The third kappa shape index (κ3) is 2.23. The highest BCUT2D eigenvalue weighted by molar-refractivity contribution is 5.06. The van der Waals surface area contributed by atoms with Crippen molar-refractivity contribution in [3.8, 4) is 0 Å². The summed E-state index contributed by atoms with van der Waals surface area (Å²) < 4.78 is 2.05. The number of aromatic nitrogens is 2. The van der Waals surface area contributed by atoms with Gasteiger partial charge in [0.15, 0.2) is 0 Å². The molecule has 1 aliphatic rings. The van der Waals surface area contributed by atoms with Crippen molar-refractivity contribution in [1.82, 2.24) is 9.55 Å². The van der Waals surface area contributed by atoms with Crippen molar-refractivity contribution in [2.75, 3.05) is 0 Å². The van der Waals surface area contributed by atoms with Gasteiger partial charge >= 0.3 is 0 Å². The first kappa shape index (κ1) is 10.7. The quantitative estimate of drug-likeness (QED) is 0.808. The van der Waals surface area contributed by atoms with Crippen LogP contribution >= 0.6 is 0 Å². The molecule has 0 aromatic carbocycles. The summed E-state index contributed by atoms with van der Waals surface area (Å²) in [5.41, 5.74) is 7.49. The van der Waals surface area contributed by atoms with Gasteiger partial charge in [0.2, 0.25) is 0 Å². The number of imidazole rings is 1. The maximum absolute atomic E-state index is 6.32. The zero-order chi connectivity index (χ0) is 10.8. The first-order valence-electron chi connectivity index (χ1n) is 5.90. The highest BCUT2D eigenvalue weighted by atomic mass is 15.0. The number of hydrogen-bond acceptors (Lipinski definition) is 2. The fourth-order valence-electron chi connectivity index (χ4n) is 2.74. The van der Waals surface area contributed by atoms with Gasteiger partial charge in [0.1, 0.15) is 0 Å². The zero-order valence-corrected chi connectivity index (χ0v) is 9.69. The van der Waals surface area contributed by atoms with E-state index in [1.54, 1.807) is 0 Å². The van der Waals surface area contributed by atoms with Gasteiger partial charge in [-0.2, -0.15) is 0 Å². The predicted octanol–water partition coefficient (Wildman–Crippen LogP) is 2.25. The molecule has 2 rings (SSSR count). The maximum Gasteiger partial charge on any atom is 0.0946 e. The zero-order valence-electron chi connectivity index (χ0n) is 9.69. The summed E-state index contributed by atoms with van der Waals surface area (Å²) in [7, 11) is 2.02. The SMILES string of the molecule is CC1CCCC(C(N)c2cncn2C)C1. The lowest BCUT2D eigenvalue weighted by molar-refractivity contribution is 0.244. The number of hydrogen-bond donors (Lipinski definition) is 1. The Hall–Kier alpha value is -0.830. The van der Waals surface area contributed by atoms with Crippen LogP contribution in [0.15, 0.2) is 12.5 Å². The molecule has 3 heteroatoms. The summed E-state index contributed by atoms with van der Waals surface area (Å²) in [5.74, 6) is 1.48. The standard InChI is InChI=1S/C12H21N3/c1-9-4-3-5-10(6-9)12(13)11-7-14-8-15(11)2/h7-10,12H,3-6,13H2,1-2H3.